The summed E-state index contributed by atoms with van der Waals surface area (Å²) in [4.78, 5) is 37.9. The van der Waals surface area contributed by atoms with Crippen molar-refractivity contribution in [1.82, 2.24) is 25.1 Å². The molecule has 0 radical (unpaired) electrons. The molecule has 3 N–H and O–H groups in total. The van der Waals surface area contributed by atoms with Gasteiger partial charge in [-0.3, -0.25) is 14.7 Å². The van der Waals surface area contributed by atoms with E-state index < -0.39 is 23.0 Å². The number of nitrogens with one attached hydrogen (secondary N) is 3. The van der Waals surface area contributed by atoms with Gasteiger partial charge in [0, 0.05) is 23.6 Å². The first-order chi connectivity index (χ1) is 15.9. The van der Waals surface area contributed by atoms with E-state index in [2.05, 4.69) is 35.8 Å². The molecule has 0 atom stereocenters. The summed E-state index contributed by atoms with van der Waals surface area (Å²) >= 11 is 0. The molecule has 5 rings (SSSR count). The second-order valence-electron chi connectivity index (χ2n) is 7.71. The van der Waals surface area contributed by atoms with Crippen LogP contribution in [0.15, 0.2) is 48.9 Å². The Kier molecular flexibility index (Phi) is 4.93. The van der Waals surface area contributed by atoms with Gasteiger partial charge in [-0.1, -0.05) is 0 Å². The van der Waals surface area contributed by atoms with Gasteiger partial charge >= 0.3 is 6.01 Å². The molecule has 1 saturated carbocycles. The van der Waals surface area contributed by atoms with Crippen LogP contribution in [0.4, 0.5) is 15.8 Å². The number of aromatic amines is 1. The fraction of sp³-hybridized carbons (Fsp3) is 0.182. The molecule has 1 fully saturated rings. The van der Waals surface area contributed by atoms with Gasteiger partial charge in [0.2, 0.25) is 11.8 Å². The minimum absolute atomic E-state index is 0.0799. The average molecular weight is 447 g/mol. The molecule has 1 aliphatic rings. The summed E-state index contributed by atoms with van der Waals surface area (Å²) in [5, 5.41) is 13.0. The number of carbonyl (C=O) groups is 2. The van der Waals surface area contributed by atoms with Crippen molar-refractivity contribution in [2.45, 2.75) is 19.8 Å². The number of hydrogen-bond donors (Lipinski definition) is 3. The van der Waals surface area contributed by atoms with Crippen LogP contribution in [-0.2, 0) is 9.59 Å². The molecule has 0 bridgehead atoms. The van der Waals surface area contributed by atoms with Crippen molar-refractivity contribution in [2.75, 3.05) is 10.6 Å². The number of fused-ring (bicyclic) bond motifs is 1. The van der Waals surface area contributed by atoms with Gasteiger partial charge in [-0.05, 0) is 44.0 Å². The number of H-pyrrole nitrogens is 1. The first kappa shape index (κ1) is 20.5. The summed E-state index contributed by atoms with van der Waals surface area (Å²) < 4.78 is 18.8. The highest BCUT2D eigenvalue weighted by atomic mass is 19.1. The number of rotatable bonds is 6. The molecule has 3 heterocycles. The van der Waals surface area contributed by atoms with Gasteiger partial charge in [-0.15, -0.1) is 0 Å². The summed E-state index contributed by atoms with van der Waals surface area (Å²) in [6.45, 7) is 1.85. The number of aryl methyl sites for hydroxylation is 1. The first-order valence-corrected chi connectivity index (χ1v) is 10.1. The smallest absolute Gasteiger partial charge is 0.322 e. The number of anilines is 2. The zero-order chi connectivity index (χ0) is 23.0. The summed E-state index contributed by atoms with van der Waals surface area (Å²) in [6, 6.07) is 7.11. The second kappa shape index (κ2) is 7.93. The van der Waals surface area contributed by atoms with Gasteiger partial charge in [0.25, 0.3) is 0 Å². The number of amides is 2. The molecule has 166 valence electrons. The van der Waals surface area contributed by atoms with Gasteiger partial charge in [0.05, 0.1) is 23.5 Å². The molecule has 33 heavy (non-hydrogen) atoms. The van der Waals surface area contributed by atoms with Crippen LogP contribution in [0.25, 0.3) is 11.0 Å². The Hall–Kier alpha value is -4.41. The Bertz CT molecular complexity index is 1350. The van der Waals surface area contributed by atoms with Crippen molar-refractivity contribution in [1.29, 1.82) is 0 Å². The van der Waals surface area contributed by atoms with E-state index in [0.717, 1.165) is 11.1 Å². The molecule has 4 aromatic rings. The van der Waals surface area contributed by atoms with E-state index in [1.807, 2.05) is 6.92 Å². The minimum atomic E-state index is -1.18. The minimum Gasteiger partial charge on any atom is -0.423 e. The predicted molar refractivity (Wildman–Crippen MR) is 116 cm³/mol. The molecule has 11 heteroatoms. The lowest BCUT2D eigenvalue weighted by Gasteiger charge is -2.15. The van der Waals surface area contributed by atoms with Crippen LogP contribution in [0.5, 0.6) is 11.8 Å². The van der Waals surface area contributed by atoms with Crippen LogP contribution < -0.4 is 15.4 Å². The van der Waals surface area contributed by atoms with Gasteiger partial charge < -0.3 is 15.4 Å². The maximum Gasteiger partial charge on any atom is 0.322 e. The van der Waals surface area contributed by atoms with Crippen molar-refractivity contribution in [3.8, 4) is 11.8 Å². The lowest BCUT2D eigenvalue weighted by molar-refractivity contribution is -0.131. The molecule has 0 spiro atoms. The highest BCUT2D eigenvalue weighted by molar-refractivity contribution is 6.16. The Morgan fingerprint density at radius 1 is 1.00 bits per heavy atom. The largest absolute Gasteiger partial charge is 0.423 e. The van der Waals surface area contributed by atoms with E-state index in [-0.39, 0.29) is 6.01 Å². The fourth-order valence-corrected chi connectivity index (χ4v) is 3.40. The molecule has 1 aromatic carbocycles. The molecule has 0 saturated heterocycles. The monoisotopic (exact) mass is 447 g/mol. The first-order valence-electron chi connectivity index (χ1n) is 10.1. The van der Waals surface area contributed by atoms with Crippen molar-refractivity contribution >= 4 is 34.2 Å². The van der Waals surface area contributed by atoms with E-state index in [1.54, 1.807) is 12.3 Å². The van der Waals surface area contributed by atoms with Crippen LogP contribution in [0, 0.1) is 18.2 Å². The summed E-state index contributed by atoms with van der Waals surface area (Å²) in [5.41, 5.74) is 0.884. The third-order valence-electron chi connectivity index (χ3n) is 5.41. The highest BCUT2D eigenvalue weighted by Gasteiger charge is 2.56. The van der Waals surface area contributed by atoms with Crippen LogP contribution in [-0.4, -0.2) is 37.0 Å². The zero-order valence-corrected chi connectivity index (χ0v) is 17.4. The topological polar surface area (TPSA) is 135 Å². The normalized spacial score (nSPS) is 14.0. The van der Waals surface area contributed by atoms with Crippen molar-refractivity contribution in [3.63, 3.8) is 0 Å². The van der Waals surface area contributed by atoms with Crippen molar-refractivity contribution < 1.29 is 18.7 Å². The van der Waals surface area contributed by atoms with Crippen molar-refractivity contribution in [3.05, 3.63) is 60.4 Å². The lowest BCUT2D eigenvalue weighted by Crippen LogP contribution is -2.35. The van der Waals surface area contributed by atoms with E-state index in [0.29, 0.717) is 35.6 Å². The number of benzene rings is 1. The SMILES string of the molecule is Cc1[nH]nc2nccc(Oc3ncc(NC(=O)C4(C(=O)Nc5ccc(F)cc5)CC4)cn3)c12. The molecular formula is C22H18FN7O3. The Morgan fingerprint density at radius 3 is 2.33 bits per heavy atom. The standard InChI is InChI=1S/C22H18FN7O3/c1-12-17-16(6-9-24-18(17)30-29-12)33-21-25-10-15(11-26-21)28-20(32)22(7-8-22)19(31)27-14-4-2-13(23)3-5-14/h2-6,9-11H,7-8H2,1H3,(H,27,31)(H,28,32)(H,24,29,30). The van der Waals surface area contributed by atoms with Crippen LogP contribution >= 0.6 is 0 Å². The number of carbonyl (C=O) groups excluding carboxylic acids is 2. The maximum absolute atomic E-state index is 13.1. The third kappa shape index (κ3) is 3.95. The lowest BCUT2D eigenvalue weighted by atomic mass is 10.0. The van der Waals surface area contributed by atoms with Crippen molar-refractivity contribution in [2.24, 2.45) is 5.41 Å². The Morgan fingerprint density at radius 2 is 1.67 bits per heavy atom. The highest BCUT2D eigenvalue weighted by Crippen LogP contribution is 2.47. The van der Waals surface area contributed by atoms with E-state index in [9.17, 15) is 14.0 Å². The Balaban J connectivity index is 1.25. The molecule has 3 aromatic heterocycles. The Labute approximate surface area is 186 Å². The summed E-state index contributed by atoms with van der Waals surface area (Å²) in [5.74, 6) is -0.807. The number of aromatic nitrogens is 5. The maximum atomic E-state index is 13.1. The summed E-state index contributed by atoms with van der Waals surface area (Å²) in [6.07, 6.45) is 5.19. The molecule has 1 aliphatic carbocycles. The predicted octanol–water partition coefficient (Wildman–Crippen LogP) is 3.35. The molecule has 0 unspecified atom stereocenters. The number of halogens is 1. The van der Waals surface area contributed by atoms with E-state index in [1.165, 1.54) is 36.7 Å². The quantitative estimate of drug-likeness (QED) is 0.386. The molecule has 10 nitrogen and oxygen atoms in total. The van der Waals surface area contributed by atoms with Crippen LogP contribution in [0.1, 0.15) is 18.5 Å². The van der Waals surface area contributed by atoms with Gasteiger partial charge in [-0.2, -0.15) is 5.10 Å². The van der Waals surface area contributed by atoms with Crippen LogP contribution in [0.2, 0.25) is 0 Å². The second-order valence-corrected chi connectivity index (χ2v) is 7.71. The number of ether oxygens (including phenoxy) is 1. The third-order valence-corrected chi connectivity index (χ3v) is 5.41. The number of pyridine rings is 1. The summed E-state index contributed by atoms with van der Waals surface area (Å²) in [7, 11) is 0. The van der Waals surface area contributed by atoms with E-state index >= 15 is 0 Å². The van der Waals surface area contributed by atoms with E-state index in [4.69, 9.17) is 4.74 Å². The fourth-order valence-electron chi connectivity index (χ4n) is 3.40. The zero-order valence-electron chi connectivity index (χ0n) is 17.4. The molecule has 0 aliphatic heterocycles. The molecular weight excluding hydrogens is 429 g/mol. The van der Waals surface area contributed by atoms with Gasteiger partial charge in [-0.25, -0.2) is 19.3 Å². The van der Waals surface area contributed by atoms with Gasteiger partial charge in [0.1, 0.15) is 17.0 Å². The number of nitrogens with zero attached hydrogens (tertiary/aromatic N) is 4. The number of hydrogen-bond acceptors (Lipinski definition) is 7. The van der Waals surface area contributed by atoms with Crippen LogP contribution in [0.3, 0.4) is 0 Å². The molecule has 2 amide bonds. The average Bonchev–Trinajstić information content (AvgIpc) is 3.55. The van der Waals surface area contributed by atoms with Gasteiger partial charge in [0.15, 0.2) is 5.65 Å².